The fraction of sp³-hybridized carbons (Fsp3) is 0.500. The summed E-state index contributed by atoms with van der Waals surface area (Å²) in [6.45, 7) is 3.81. The van der Waals surface area contributed by atoms with Gasteiger partial charge in [-0.15, -0.1) is 0 Å². The molecule has 1 aliphatic rings. The quantitative estimate of drug-likeness (QED) is 0.791. The first-order valence-electron chi connectivity index (χ1n) is 6.41. The second kappa shape index (κ2) is 5.71. The molecule has 0 spiro atoms. The van der Waals surface area contributed by atoms with Gasteiger partial charge in [0.05, 0.1) is 0 Å². The Labute approximate surface area is 103 Å². The van der Waals surface area contributed by atoms with Crippen molar-refractivity contribution in [2.24, 2.45) is 5.92 Å². The standard InChI is InChI=1S/C14H20N2O/c1-2-8-15-14(17)12-4-3-5-13(9-12)16-10-11-6-7-11/h3-5,9,11,16H,2,6-8,10H2,1H3,(H,15,17). The van der Waals surface area contributed by atoms with Crippen molar-refractivity contribution in [1.82, 2.24) is 5.32 Å². The summed E-state index contributed by atoms with van der Waals surface area (Å²) in [7, 11) is 0. The van der Waals surface area contributed by atoms with E-state index in [1.807, 2.05) is 31.2 Å². The minimum Gasteiger partial charge on any atom is -0.385 e. The molecule has 0 atom stereocenters. The van der Waals surface area contributed by atoms with Gasteiger partial charge < -0.3 is 10.6 Å². The third-order valence-electron chi connectivity index (χ3n) is 2.95. The lowest BCUT2D eigenvalue weighted by Gasteiger charge is -2.08. The van der Waals surface area contributed by atoms with Gasteiger partial charge in [0.1, 0.15) is 0 Å². The van der Waals surface area contributed by atoms with E-state index in [4.69, 9.17) is 0 Å². The number of amides is 1. The maximum atomic E-state index is 11.8. The molecule has 1 fully saturated rings. The lowest BCUT2D eigenvalue weighted by Crippen LogP contribution is -2.24. The van der Waals surface area contributed by atoms with Crippen LogP contribution in [-0.4, -0.2) is 19.0 Å². The van der Waals surface area contributed by atoms with Gasteiger partial charge in [0, 0.05) is 24.3 Å². The van der Waals surface area contributed by atoms with Gasteiger partial charge in [-0.3, -0.25) is 4.79 Å². The van der Waals surface area contributed by atoms with Gasteiger partial charge in [0.25, 0.3) is 5.91 Å². The van der Waals surface area contributed by atoms with Gasteiger partial charge >= 0.3 is 0 Å². The maximum absolute atomic E-state index is 11.8. The summed E-state index contributed by atoms with van der Waals surface area (Å²) in [4.78, 5) is 11.8. The molecule has 0 bridgehead atoms. The van der Waals surface area contributed by atoms with Crippen LogP contribution < -0.4 is 10.6 Å². The third-order valence-corrected chi connectivity index (χ3v) is 2.95. The van der Waals surface area contributed by atoms with E-state index in [9.17, 15) is 4.79 Å². The van der Waals surface area contributed by atoms with Crippen molar-refractivity contribution in [1.29, 1.82) is 0 Å². The van der Waals surface area contributed by atoms with Crippen molar-refractivity contribution >= 4 is 11.6 Å². The number of benzene rings is 1. The lowest BCUT2D eigenvalue weighted by atomic mass is 10.2. The number of hydrogen-bond donors (Lipinski definition) is 2. The largest absolute Gasteiger partial charge is 0.385 e. The molecule has 0 radical (unpaired) electrons. The van der Waals surface area contributed by atoms with E-state index in [1.54, 1.807) is 0 Å². The molecule has 3 nitrogen and oxygen atoms in total. The van der Waals surface area contributed by atoms with E-state index in [0.717, 1.165) is 36.7 Å². The minimum absolute atomic E-state index is 0.0157. The van der Waals surface area contributed by atoms with Crippen molar-refractivity contribution in [2.45, 2.75) is 26.2 Å². The average Bonchev–Trinajstić information content (AvgIpc) is 3.18. The summed E-state index contributed by atoms with van der Waals surface area (Å²) in [5.74, 6) is 0.856. The van der Waals surface area contributed by atoms with Crippen LogP contribution in [0.2, 0.25) is 0 Å². The van der Waals surface area contributed by atoms with Crippen LogP contribution in [0.4, 0.5) is 5.69 Å². The Bertz CT molecular complexity index is 386. The molecule has 0 saturated heterocycles. The van der Waals surface area contributed by atoms with Crippen LogP contribution >= 0.6 is 0 Å². The Morgan fingerprint density at radius 3 is 2.94 bits per heavy atom. The SMILES string of the molecule is CCCNC(=O)c1cccc(NCC2CC2)c1. The van der Waals surface area contributed by atoms with Crippen molar-refractivity contribution in [2.75, 3.05) is 18.4 Å². The van der Waals surface area contributed by atoms with Gasteiger partial charge in [-0.2, -0.15) is 0 Å². The zero-order chi connectivity index (χ0) is 12.1. The van der Waals surface area contributed by atoms with E-state index in [2.05, 4.69) is 10.6 Å². The molecule has 1 amide bonds. The number of carbonyl (C=O) groups excluding carboxylic acids is 1. The molecule has 1 aromatic carbocycles. The fourth-order valence-electron chi connectivity index (χ4n) is 1.70. The van der Waals surface area contributed by atoms with Crippen LogP contribution in [0.3, 0.4) is 0 Å². The molecular formula is C14H20N2O. The van der Waals surface area contributed by atoms with Crippen LogP contribution in [0, 0.1) is 5.92 Å². The van der Waals surface area contributed by atoms with E-state index >= 15 is 0 Å². The lowest BCUT2D eigenvalue weighted by molar-refractivity contribution is 0.0953. The number of carbonyl (C=O) groups is 1. The second-order valence-electron chi connectivity index (χ2n) is 4.66. The highest BCUT2D eigenvalue weighted by molar-refractivity contribution is 5.95. The predicted molar refractivity (Wildman–Crippen MR) is 70.3 cm³/mol. The van der Waals surface area contributed by atoms with E-state index < -0.39 is 0 Å². The van der Waals surface area contributed by atoms with Gasteiger partial charge in [-0.1, -0.05) is 13.0 Å². The molecule has 92 valence electrons. The van der Waals surface area contributed by atoms with Gasteiger partial charge in [0.2, 0.25) is 0 Å². The molecular weight excluding hydrogens is 212 g/mol. The molecule has 3 heteroatoms. The summed E-state index contributed by atoms with van der Waals surface area (Å²) in [5.41, 5.74) is 1.78. The second-order valence-corrected chi connectivity index (χ2v) is 4.66. The number of rotatable bonds is 6. The van der Waals surface area contributed by atoms with E-state index in [1.165, 1.54) is 12.8 Å². The normalized spacial score (nSPS) is 14.4. The van der Waals surface area contributed by atoms with Gasteiger partial charge in [0.15, 0.2) is 0 Å². The molecule has 1 aromatic rings. The summed E-state index contributed by atoms with van der Waals surface area (Å²) in [5, 5.41) is 6.26. The smallest absolute Gasteiger partial charge is 0.251 e. The first-order chi connectivity index (χ1) is 8.29. The first kappa shape index (κ1) is 12.0. The zero-order valence-corrected chi connectivity index (χ0v) is 10.3. The molecule has 1 aliphatic carbocycles. The molecule has 0 aliphatic heterocycles. The third kappa shape index (κ3) is 3.77. The highest BCUT2D eigenvalue weighted by atomic mass is 16.1. The number of hydrogen-bond acceptors (Lipinski definition) is 2. The van der Waals surface area contributed by atoms with Gasteiger partial charge in [-0.25, -0.2) is 0 Å². The van der Waals surface area contributed by atoms with Crippen molar-refractivity contribution < 1.29 is 4.79 Å². The van der Waals surface area contributed by atoms with Crippen LogP contribution in [0.25, 0.3) is 0 Å². The minimum atomic E-state index is 0.0157. The highest BCUT2D eigenvalue weighted by Crippen LogP contribution is 2.28. The highest BCUT2D eigenvalue weighted by Gasteiger charge is 2.20. The van der Waals surface area contributed by atoms with Crippen molar-refractivity contribution in [3.05, 3.63) is 29.8 Å². The molecule has 0 heterocycles. The summed E-state index contributed by atoms with van der Waals surface area (Å²) >= 11 is 0. The van der Waals surface area contributed by atoms with Crippen molar-refractivity contribution in [3.63, 3.8) is 0 Å². The van der Waals surface area contributed by atoms with E-state index in [0.29, 0.717) is 0 Å². The molecule has 0 unspecified atom stereocenters. The monoisotopic (exact) mass is 232 g/mol. The van der Waals surface area contributed by atoms with Crippen LogP contribution in [-0.2, 0) is 0 Å². The van der Waals surface area contributed by atoms with E-state index in [-0.39, 0.29) is 5.91 Å². The predicted octanol–water partition coefficient (Wildman–Crippen LogP) is 2.65. The topological polar surface area (TPSA) is 41.1 Å². The summed E-state index contributed by atoms with van der Waals surface area (Å²) < 4.78 is 0. The van der Waals surface area contributed by atoms with Crippen molar-refractivity contribution in [3.8, 4) is 0 Å². The Morgan fingerprint density at radius 1 is 1.41 bits per heavy atom. The molecule has 1 saturated carbocycles. The molecule has 2 N–H and O–H groups in total. The molecule has 17 heavy (non-hydrogen) atoms. The molecule has 0 aromatic heterocycles. The number of nitrogens with one attached hydrogen (secondary N) is 2. The summed E-state index contributed by atoms with van der Waals surface area (Å²) in [6, 6.07) is 7.72. The van der Waals surface area contributed by atoms with Gasteiger partial charge in [-0.05, 0) is 43.4 Å². The first-order valence-corrected chi connectivity index (χ1v) is 6.41. The van der Waals surface area contributed by atoms with Crippen LogP contribution in [0.5, 0.6) is 0 Å². The Morgan fingerprint density at radius 2 is 2.24 bits per heavy atom. The number of anilines is 1. The van der Waals surface area contributed by atoms with Crippen LogP contribution in [0.1, 0.15) is 36.5 Å². The molecule has 2 rings (SSSR count). The Balaban J connectivity index is 1.92. The maximum Gasteiger partial charge on any atom is 0.251 e. The summed E-state index contributed by atoms with van der Waals surface area (Å²) in [6.07, 6.45) is 3.64. The Hall–Kier alpha value is -1.51. The zero-order valence-electron chi connectivity index (χ0n) is 10.3. The van der Waals surface area contributed by atoms with Crippen LogP contribution in [0.15, 0.2) is 24.3 Å². The Kier molecular flexibility index (Phi) is 4.02. The fourth-order valence-corrected chi connectivity index (χ4v) is 1.70. The average molecular weight is 232 g/mol.